The number of halogens is 1. The summed E-state index contributed by atoms with van der Waals surface area (Å²) in [6.07, 6.45) is 5.54. The molecule has 0 bridgehead atoms. The van der Waals surface area contributed by atoms with Crippen molar-refractivity contribution in [2.45, 2.75) is 6.92 Å². The molecule has 7 heteroatoms. The number of pyridine rings is 1. The number of morpholine rings is 1. The Morgan fingerprint density at radius 2 is 2.04 bits per heavy atom. The van der Waals surface area contributed by atoms with Crippen LogP contribution in [0, 0.1) is 12.7 Å². The maximum atomic E-state index is 14.0. The minimum absolute atomic E-state index is 0.107. The highest BCUT2D eigenvalue weighted by atomic mass is 19.1. The normalized spacial score (nSPS) is 14.8. The van der Waals surface area contributed by atoms with E-state index in [0.29, 0.717) is 13.2 Å². The summed E-state index contributed by atoms with van der Waals surface area (Å²) in [5, 5.41) is 0. The van der Waals surface area contributed by atoms with Gasteiger partial charge in [0.15, 0.2) is 5.65 Å². The van der Waals surface area contributed by atoms with Gasteiger partial charge in [-0.2, -0.15) is 0 Å². The predicted molar refractivity (Wildman–Crippen MR) is 96.9 cm³/mol. The van der Waals surface area contributed by atoms with E-state index in [9.17, 15) is 9.18 Å². The van der Waals surface area contributed by atoms with Gasteiger partial charge in [-0.25, -0.2) is 9.37 Å². The van der Waals surface area contributed by atoms with Gasteiger partial charge in [-0.05, 0) is 36.2 Å². The molecule has 6 nitrogen and oxygen atoms in total. The number of benzene rings is 1. The summed E-state index contributed by atoms with van der Waals surface area (Å²) in [6, 6.07) is 4.90. The summed E-state index contributed by atoms with van der Waals surface area (Å²) in [5.74, 6) is -1.38. The Kier molecular flexibility index (Phi) is 4.08. The van der Waals surface area contributed by atoms with Crippen LogP contribution < -0.4 is 10.6 Å². The highest BCUT2D eigenvalue weighted by Gasteiger charge is 2.19. The van der Waals surface area contributed by atoms with E-state index in [1.54, 1.807) is 6.20 Å². The van der Waals surface area contributed by atoms with Crippen LogP contribution in [-0.2, 0) is 4.74 Å². The van der Waals surface area contributed by atoms with Gasteiger partial charge in [0.1, 0.15) is 5.82 Å². The Balaban J connectivity index is 1.90. The van der Waals surface area contributed by atoms with Crippen molar-refractivity contribution in [1.29, 1.82) is 0 Å². The second-order valence-electron chi connectivity index (χ2n) is 6.38. The lowest BCUT2D eigenvalue weighted by Crippen LogP contribution is -2.36. The van der Waals surface area contributed by atoms with Crippen molar-refractivity contribution in [1.82, 2.24) is 9.38 Å². The maximum absolute atomic E-state index is 14.0. The second-order valence-corrected chi connectivity index (χ2v) is 6.38. The van der Waals surface area contributed by atoms with E-state index in [1.807, 2.05) is 29.8 Å². The number of hydrogen-bond donors (Lipinski definition) is 1. The third-order valence-electron chi connectivity index (χ3n) is 4.71. The van der Waals surface area contributed by atoms with Crippen LogP contribution >= 0.6 is 0 Å². The van der Waals surface area contributed by atoms with Crippen molar-refractivity contribution in [2.75, 3.05) is 31.2 Å². The zero-order valence-electron chi connectivity index (χ0n) is 14.4. The first-order valence-electron chi connectivity index (χ1n) is 8.44. The van der Waals surface area contributed by atoms with Crippen molar-refractivity contribution < 1.29 is 13.9 Å². The van der Waals surface area contributed by atoms with Crippen molar-refractivity contribution in [3.63, 3.8) is 0 Å². The van der Waals surface area contributed by atoms with Crippen LogP contribution in [0.2, 0.25) is 0 Å². The smallest absolute Gasteiger partial charge is 0.251 e. The first kappa shape index (κ1) is 16.5. The fraction of sp³-hybridized carbons (Fsp3) is 0.263. The standard InChI is InChI=1S/C19H19FN4O2/c1-12-8-16(20)15(18(21)25)10-14(12)13-9-17(23-4-6-26-7-5-23)19-22-2-3-24(19)11-13/h2-3,8-11H,4-7H2,1H3,(H2,21,25). The number of rotatable bonds is 3. The number of hydrogen-bond acceptors (Lipinski definition) is 4. The Morgan fingerprint density at radius 1 is 1.27 bits per heavy atom. The van der Waals surface area contributed by atoms with Gasteiger partial charge in [0, 0.05) is 37.2 Å². The maximum Gasteiger partial charge on any atom is 0.251 e. The molecular weight excluding hydrogens is 335 g/mol. The van der Waals surface area contributed by atoms with Gasteiger partial charge in [-0.1, -0.05) is 0 Å². The molecule has 0 spiro atoms. The van der Waals surface area contributed by atoms with E-state index in [0.717, 1.165) is 41.1 Å². The molecule has 1 aliphatic heterocycles. The molecule has 2 N–H and O–H groups in total. The molecule has 2 aromatic heterocycles. The first-order valence-corrected chi connectivity index (χ1v) is 8.44. The van der Waals surface area contributed by atoms with Crippen LogP contribution in [0.25, 0.3) is 16.8 Å². The summed E-state index contributed by atoms with van der Waals surface area (Å²) in [7, 11) is 0. The van der Waals surface area contributed by atoms with Gasteiger partial charge in [-0.3, -0.25) is 4.79 Å². The van der Waals surface area contributed by atoms with Gasteiger partial charge in [0.25, 0.3) is 5.91 Å². The fourth-order valence-electron chi connectivity index (χ4n) is 3.37. The number of carbonyl (C=O) groups is 1. The SMILES string of the molecule is Cc1cc(F)c(C(N)=O)cc1-c1cc(N2CCOCC2)c2nccn2c1. The van der Waals surface area contributed by atoms with Gasteiger partial charge < -0.3 is 19.8 Å². The average Bonchev–Trinajstić information content (AvgIpc) is 3.10. The lowest BCUT2D eigenvalue weighted by Gasteiger charge is -2.29. The topological polar surface area (TPSA) is 72.9 Å². The Labute approximate surface area is 150 Å². The quantitative estimate of drug-likeness (QED) is 0.784. The summed E-state index contributed by atoms with van der Waals surface area (Å²) >= 11 is 0. The predicted octanol–water partition coefficient (Wildman–Crippen LogP) is 2.38. The Hall–Kier alpha value is -2.93. The number of nitrogens with zero attached hydrogens (tertiary/aromatic N) is 3. The lowest BCUT2D eigenvalue weighted by molar-refractivity contribution is 0.0996. The van der Waals surface area contributed by atoms with Crippen LogP contribution in [0.15, 0.2) is 36.8 Å². The second kappa shape index (κ2) is 6.42. The monoisotopic (exact) mass is 354 g/mol. The van der Waals surface area contributed by atoms with Crippen molar-refractivity contribution in [2.24, 2.45) is 5.73 Å². The average molecular weight is 354 g/mol. The molecule has 134 valence electrons. The molecule has 0 radical (unpaired) electrons. The third-order valence-corrected chi connectivity index (χ3v) is 4.71. The van der Waals surface area contributed by atoms with Crippen LogP contribution in [0.5, 0.6) is 0 Å². The molecule has 3 aromatic rings. The van der Waals surface area contributed by atoms with E-state index >= 15 is 0 Å². The van der Waals surface area contributed by atoms with Crippen molar-refractivity contribution in [3.8, 4) is 11.1 Å². The number of anilines is 1. The number of aromatic nitrogens is 2. The Bertz CT molecular complexity index is 993. The molecule has 1 fully saturated rings. The zero-order chi connectivity index (χ0) is 18.3. The minimum Gasteiger partial charge on any atom is -0.378 e. The molecule has 26 heavy (non-hydrogen) atoms. The number of carbonyl (C=O) groups excluding carboxylic acids is 1. The Morgan fingerprint density at radius 3 is 2.77 bits per heavy atom. The summed E-state index contributed by atoms with van der Waals surface area (Å²) in [6.45, 7) is 4.70. The van der Waals surface area contributed by atoms with Gasteiger partial charge in [0.05, 0.1) is 24.5 Å². The number of amides is 1. The van der Waals surface area contributed by atoms with E-state index in [4.69, 9.17) is 10.5 Å². The highest BCUT2D eigenvalue weighted by Crippen LogP contribution is 2.32. The molecule has 4 rings (SSSR count). The van der Waals surface area contributed by atoms with Gasteiger partial charge in [0.2, 0.25) is 0 Å². The molecular formula is C19H19FN4O2. The largest absolute Gasteiger partial charge is 0.378 e. The summed E-state index contributed by atoms with van der Waals surface area (Å²) < 4.78 is 21.4. The number of primary amides is 1. The molecule has 0 saturated carbocycles. The first-order chi connectivity index (χ1) is 12.5. The lowest BCUT2D eigenvalue weighted by atomic mass is 9.98. The van der Waals surface area contributed by atoms with E-state index < -0.39 is 11.7 Å². The molecule has 3 heterocycles. The molecule has 0 atom stereocenters. The van der Waals surface area contributed by atoms with E-state index in [2.05, 4.69) is 9.88 Å². The van der Waals surface area contributed by atoms with Gasteiger partial charge >= 0.3 is 0 Å². The van der Waals surface area contributed by atoms with Crippen molar-refractivity contribution in [3.05, 3.63) is 53.7 Å². The molecule has 1 saturated heterocycles. The van der Waals surface area contributed by atoms with Crippen LogP contribution in [-0.4, -0.2) is 41.6 Å². The van der Waals surface area contributed by atoms with Gasteiger partial charge in [-0.15, -0.1) is 0 Å². The third kappa shape index (κ3) is 2.80. The van der Waals surface area contributed by atoms with Crippen LogP contribution in [0.4, 0.5) is 10.1 Å². The highest BCUT2D eigenvalue weighted by molar-refractivity contribution is 5.95. The molecule has 0 unspecified atom stereocenters. The number of fused-ring (bicyclic) bond motifs is 1. The summed E-state index contributed by atoms with van der Waals surface area (Å²) in [4.78, 5) is 18.2. The summed E-state index contributed by atoms with van der Waals surface area (Å²) in [5.41, 5.74) is 9.42. The molecule has 1 aliphatic rings. The molecule has 1 amide bonds. The number of aryl methyl sites for hydroxylation is 1. The van der Waals surface area contributed by atoms with Crippen LogP contribution in [0.3, 0.4) is 0 Å². The van der Waals surface area contributed by atoms with Crippen molar-refractivity contribution >= 4 is 17.2 Å². The fourth-order valence-corrected chi connectivity index (χ4v) is 3.37. The number of imidazole rings is 1. The van der Waals surface area contributed by atoms with E-state index in [-0.39, 0.29) is 5.56 Å². The number of ether oxygens (including phenoxy) is 1. The molecule has 1 aromatic carbocycles. The van der Waals surface area contributed by atoms with E-state index in [1.165, 1.54) is 12.1 Å². The number of nitrogens with two attached hydrogens (primary N) is 1. The zero-order valence-corrected chi connectivity index (χ0v) is 14.4. The minimum atomic E-state index is -0.777. The van der Waals surface area contributed by atoms with Crippen LogP contribution in [0.1, 0.15) is 15.9 Å². The molecule has 0 aliphatic carbocycles.